The minimum absolute atomic E-state index is 0.297. The van der Waals surface area contributed by atoms with E-state index in [0.29, 0.717) is 12.1 Å². The summed E-state index contributed by atoms with van der Waals surface area (Å²) in [4.78, 5) is 2.53. The molecule has 1 aliphatic carbocycles. The fraction of sp³-hybridized carbons (Fsp3) is 0.733. The van der Waals surface area contributed by atoms with E-state index in [0.717, 1.165) is 25.3 Å². The first-order chi connectivity index (χ1) is 8.79. The van der Waals surface area contributed by atoms with E-state index in [4.69, 9.17) is 10.2 Å². The molecule has 1 aromatic heterocycles. The van der Waals surface area contributed by atoms with Crippen LogP contribution < -0.4 is 5.73 Å². The van der Waals surface area contributed by atoms with Crippen molar-refractivity contribution in [3.05, 3.63) is 24.2 Å². The molecule has 0 aromatic carbocycles. The molecule has 1 aromatic rings. The van der Waals surface area contributed by atoms with Crippen LogP contribution in [0.25, 0.3) is 0 Å². The van der Waals surface area contributed by atoms with E-state index in [1.54, 1.807) is 6.26 Å². The summed E-state index contributed by atoms with van der Waals surface area (Å²) in [5.41, 5.74) is 6.21. The van der Waals surface area contributed by atoms with E-state index < -0.39 is 0 Å². The zero-order valence-electron chi connectivity index (χ0n) is 11.5. The molecule has 3 nitrogen and oxygen atoms in total. The number of hydrogen-bond acceptors (Lipinski definition) is 3. The summed E-state index contributed by atoms with van der Waals surface area (Å²) >= 11 is 0. The van der Waals surface area contributed by atoms with Crippen LogP contribution in [0.15, 0.2) is 22.8 Å². The Labute approximate surface area is 110 Å². The molecule has 1 saturated carbocycles. The van der Waals surface area contributed by atoms with Gasteiger partial charge in [0, 0.05) is 18.6 Å². The van der Waals surface area contributed by atoms with Gasteiger partial charge < -0.3 is 10.2 Å². The highest BCUT2D eigenvalue weighted by molar-refractivity contribution is 4.99. The highest BCUT2D eigenvalue weighted by Gasteiger charge is 2.24. The molecule has 3 heteroatoms. The average molecular weight is 250 g/mol. The molecule has 1 aliphatic rings. The predicted octanol–water partition coefficient (Wildman–Crippen LogP) is 3.15. The molecule has 0 aliphatic heterocycles. The van der Waals surface area contributed by atoms with Gasteiger partial charge in [0.2, 0.25) is 0 Å². The number of furan rings is 1. The Kier molecular flexibility index (Phi) is 5.26. The molecule has 1 atom stereocenters. The van der Waals surface area contributed by atoms with Crippen LogP contribution in [0, 0.1) is 0 Å². The second-order valence-corrected chi connectivity index (χ2v) is 5.50. The van der Waals surface area contributed by atoms with Crippen LogP contribution in [0.1, 0.15) is 51.2 Å². The second-order valence-electron chi connectivity index (χ2n) is 5.50. The quantitative estimate of drug-likeness (QED) is 0.808. The van der Waals surface area contributed by atoms with Gasteiger partial charge >= 0.3 is 0 Å². The lowest BCUT2D eigenvalue weighted by Gasteiger charge is -2.30. The second kappa shape index (κ2) is 6.95. The molecule has 2 rings (SSSR count). The summed E-state index contributed by atoms with van der Waals surface area (Å²) in [6.07, 6.45) is 9.40. The highest BCUT2D eigenvalue weighted by atomic mass is 16.3. The standard InChI is InChI=1S/C15H26N2O/c1-2-6-13(16)11-17(14-7-3-4-8-14)12-15-9-5-10-18-15/h5,9-10,13-14H,2-4,6-8,11-12,16H2,1H3. The van der Waals surface area contributed by atoms with Gasteiger partial charge in [-0.2, -0.15) is 0 Å². The van der Waals surface area contributed by atoms with Gasteiger partial charge in [0.15, 0.2) is 0 Å². The number of rotatable bonds is 7. The largest absolute Gasteiger partial charge is 0.468 e. The Morgan fingerprint density at radius 2 is 2.22 bits per heavy atom. The van der Waals surface area contributed by atoms with E-state index in [9.17, 15) is 0 Å². The van der Waals surface area contributed by atoms with Crippen molar-refractivity contribution < 1.29 is 4.42 Å². The third-order valence-corrected chi connectivity index (χ3v) is 3.91. The van der Waals surface area contributed by atoms with Crippen LogP contribution in [-0.4, -0.2) is 23.5 Å². The van der Waals surface area contributed by atoms with Crippen LogP contribution >= 0.6 is 0 Å². The van der Waals surface area contributed by atoms with Crippen LogP contribution in [0.4, 0.5) is 0 Å². The molecule has 0 saturated heterocycles. The molecule has 0 amide bonds. The maximum atomic E-state index is 6.21. The molecule has 18 heavy (non-hydrogen) atoms. The molecule has 1 unspecified atom stereocenters. The van der Waals surface area contributed by atoms with Gasteiger partial charge in [0.25, 0.3) is 0 Å². The molecule has 0 bridgehead atoms. The van der Waals surface area contributed by atoms with E-state index in [1.807, 2.05) is 6.07 Å². The van der Waals surface area contributed by atoms with E-state index in [-0.39, 0.29) is 0 Å². The van der Waals surface area contributed by atoms with Crippen molar-refractivity contribution in [2.45, 2.75) is 64.1 Å². The molecule has 1 fully saturated rings. The van der Waals surface area contributed by atoms with Crippen LogP contribution in [0.5, 0.6) is 0 Å². The Bertz CT molecular complexity index is 317. The normalized spacial score (nSPS) is 18.6. The van der Waals surface area contributed by atoms with Gasteiger partial charge in [-0.1, -0.05) is 26.2 Å². The smallest absolute Gasteiger partial charge is 0.117 e. The van der Waals surface area contributed by atoms with Crippen LogP contribution in [-0.2, 0) is 6.54 Å². The lowest BCUT2D eigenvalue weighted by molar-refractivity contribution is 0.163. The minimum Gasteiger partial charge on any atom is -0.468 e. The SMILES string of the molecule is CCCC(N)CN(Cc1ccco1)C1CCCC1. The maximum absolute atomic E-state index is 6.21. The van der Waals surface area contributed by atoms with Gasteiger partial charge in [0.1, 0.15) is 5.76 Å². The summed E-state index contributed by atoms with van der Waals surface area (Å²) in [6, 6.07) is 5.03. The first-order valence-electron chi connectivity index (χ1n) is 7.31. The van der Waals surface area contributed by atoms with Crippen LogP contribution in [0.3, 0.4) is 0 Å². The van der Waals surface area contributed by atoms with Crippen molar-refractivity contribution in [1.82, 2.24) is 4.90 Å². The minimum atomic E-state index is 0.297. The molecule has 0 spiro atoms. The first kappa shape index (κ1) is 13.6. The zero-order valence-corrected chi connectivity index (χ0v) is 11.5. The fourth-order valence-electron chi connectivity index (χ4n) is 2.98. The van der Waals surface area contributed by atoms with Crippen molar-refractivity contribution in [3.8, 4) is 0 Å². The molecule has 0 radical (unpaired) electrons. The Morgan fingerprint density at radius 3 is 2.83 bits per heavy atom. The first-order valence-corrected chi connectivity index (χ1v) is 7.31. The average Bonchev–Trinajstić information content (AvgIpc) is 3.01. The summed E-state index contributed by atoms with van der Waals surface area (Å²) in [5.74, 6) is 1.06. The molecule has 2 N–H and O–H groups in total. The van der Waals surface area contributed by atoms with E-state index in [1.165, 1.54) is 32.1 Å². The summed E-state index contributed by atoms with van der Waals surface area (Å²) in [7, 11) is 0. The van der Waals surface area contributed by atoms with E-state index >= 15 is 0 Å². The fourth-order valence-corrected chi connectivity index (χ4v) is 2.98. The van der Waals surface area contributed by atoms with Gasteiger partial charge in [-0.15, -0.1) is 0 Å². The van der Waals surface area contributed by atoms with Crippen molar-refractivity contribution in [1.29, 1.82) is 0 Å². The van der Waals surface area contributed by atoms with Crippen molar-refractivity contribution in [2.75, 3.05) is 6.54 Å². The van der Waals surface area contributed by atoms with Crippen LogP contribution in [0.2, 0.25) is 0 Å². The highest BCUT2D eigenvalue weighted by Crippen LogP contribution is 2.25. The van der Waals surface area contributed by atoms with Crippen molar-refractivity contribution in [3.63, 3.8) is 0 Å². The third kappa shape index (κ3) is 3.85. The summed E-state index contributed by atoms with van der Waals surface area (Å²) in [5, 5.41) is 0. The Hall–Kier alpha value is -0.800. The molecule has 1 heterocycles. The van der Waals surface area contributed by atoms with Gasteiger partial charge in [-0.3, -0.25) is 4.90 Å². The summed E-state index contributed by atoms with van der Waals surface area (Å²) < 4.78 is 5.48. The maximum Gasteiger partial charge on any atom is 0.117 e. The van der Waals surface area contributed by atoms with Gasteiger partial charge in [-0.05, 0) is 31.4 Å². The predicted molar refractivity (Wildman–Crippen MR) is 74.3 cm³/mol. The Morgan fingerprint density at radius 1 is 1.44 bits per heavy atom. The lowest BCUT2D eigenvalue weighted by Crippen LogP contribution is -2.42. The van der Waals surface area contributed by atoms with Crippen molar-refractivity contribution >= 4 is 0 Å². The number of nitrogens with two attached hydrogens (primary N) is 1. The Balaban J connectivity index is 1.93. The topological polar surface area (TPSA) is 42.4 Å². The summed E-state index contributed by atoms with van der Waals surface area (Å²) in [6.45, 7) is 4.11. The molecule has 102 valence electrons. The van der Waals surface area contributed by atoms with E-state index in [2.05, 4.69) is 17.9 Å². The zero-order chi connectivity index (χ0) is 12.8. The number of hydrogen-bond donors (Lipinski definition) is 1. The molecular weight excluding hydrogens is 224 g/mol. The molecular formula is C15H26N2O. The monoisotopic (exact) mass is 250 g/mol. The lowest BCUT2D eigenvalue weighted by atomic mass is 10.1. The number of nitrogens with zero attached hydrogens (tertiary/aromatic N) is 1. The van der Waals surface area contributed by atoms with Gasteiger partial charge in [-0.25, -0.2) is 0 Å². The van der Waals surface area contributed by atoms with Crippen molar-refractivity contribution in [2.24, 2.45) is 5.73 Å². The van der Waals surface area contributed by atoms with Gasteiger partial charge in [0.05, 0.1) is 12.8 Å². The third-order valence-electron chi connectivity index (χ3n) is 3.91.